The number of aryl methyl sites for hydroxylation is 1. The molecule has 0 aliphatic carbocycles. The van der Waals surface area contributed by atoms with Crippen molar-refractivity contribution in [1.82, 2.24) is 5.32 Å². The minimum Gasteiger partial charge on any atom is -0.495 e. The lowest BCUT2D eigenvalue weighted by Crippen LogP contribution is -2.42. The van der Waals surface area contributed by atoms with Crippen LogP contribution < -0.4 is 15.4 Å². The first-order chi connectivity index (χ1) is 9.88. The first-order valence-corrected chi connectivity index (χ1v) is 6.52. The van der Waals surface area contributed by atoms with Gasteiger partial charge in [-0.1, -0.05) is 17.7 Å². The molecular weight excluding hydrogens is 296 g/mol. The molecule has 1 aromatic rings. The number of benzene rings is 1. The monoisotopic (exact) mass is 312 g/mol. The highest BCUT2D eigenvalue weighted by Gasteiger charge is 2.19. The van der Waals surface area contributed by atoms with Gasteiger partial charge in [-0.25, -0.2) is 9.59 Å². The van der Waals surface area contributed by atoms with Crippen LogP contribution in [0, 0.1) is 6.92 Å². The quantitative estimate of drug-likeness (QED) is 0.705. The second-order valence-corrected chi connectivity index (χ2v) is 4.72. The van der Waals surface area contributed by atoms with Crippen molar-refractivity contribution in [2.45, 2.75) is 19.4 Å². The van der Waals surface area contributed by atoms with E-state index in [1.807, 2.05) is 0 Å². The van der Waals surface area contributed by atoms with Crippen molar-refractivity contribution in [2.75, 3.05) is 12.4 Å². The molecule has 2 amide bonds. The molecule has 1 atom stereocenters. The molecule has 1 aromatic carbocycles. The highest BCUT2D eigenvalue weighted by Crippen LogP contribution is 2.30. The second kappa shape index (κ2) is 7.54. The Bertz CT molecular complexity index is 560. The van der Waals surface area contributed by atoms with Gasteiger partial charge in [0.05, 0.1) is 12.8 Å². The van der Waals surface area contributed by atoms with Crippen LogP contribution >= 0.6 is 11.6 Å². The summed E-state index contributed by atoms with van der Waals surface area (Å²) in [5, 5.41) is 14.4. The zero-order valence-corrected chi connectivity index (χ0v) is 12.5. The SMILES string of the molecule is C=CCC(NC(=O)Nc1cc(C)c(Cl)cc1OC)C(=O)O. The Hall–Kier alpha value is -2.21. The number of hydrogen-bond acceptors (Lipinski definition) is 3. The molecule has 7 heteroatoms. The minimum absolute atomic E-state index is 0.125. The van der Waals surface area contributed by atoms with Crippen LogP contribution in [-0.2, 0) is 4.79 Å². The van der Waals surface area contributed by atoms with Gasteiger partial charge in [0.15, 0.2) is 0 Å². The van der Waals surface area contributed by atoms with E-state index in [4.69, 9.17) is 21.4 Å². The van der Waals surface area contributed by atoms with E-state index in [1.165, 1.54) is 13.2 Å². The molecule has 0 aliphatic heterocycles. The van der Waals surface area contributed by atoms with Gasteiger partial charge in [-0.2, -0.15) is 0 Å². The number of carbonyl (C=O) groups is 2. The Kier molecular flexibility index (Phi) is 6.05. The van der Waals surface area contributed by atoms with Gasteiger partial charge in [-0.15, -0.1) is 6.58 Å². The number of halogens is 1. The lowest BCUT2D eigenvalue weighted by molar-refractivity contribution is -0.139. The van der Waals surface area contributed by atoms with Gasteiger partial charge in [0.2, 0.25) is 0 Å². The molecule has 1 rings (SSSR count). The fraction of sp³-hybridized carbons (Fsp3) is 0.286. The number of urea groups is 1. The van der Waals surface area contributed by atoms with Gasteiger partial charge < -0.3 is 20.5 Å². The van der Waals surface area contributed by atoms with Crippen molar-refractivity contribution in [3.8, 4) is 5.75 Å². The third kappa shape index (κ3) is 4.68. The molecule has 21 heavy (non-hydrogen) atoms. The maximum Gasteiger partial charge on any atom is 0.326 e. The van der Waals surface area contributed by atoms with Gasteiger partial charge in [0.25, 0.3) is 0 Å². The molecule has 1 unspecified atom stereocenters. The fourth-order valence-corrected chi connectivity index (χ4v) is 1.79. The summed E-state index contributed by atoms with van der Waals surface area (Å²) in [5.41, 5.74) is 1.16. The summed E-state index contributed by atoms with van der Waals surface area (Å²) < 4.78 is 5.12. The van der Waals surface area contributed by atoms with Gasteiger partial charge in [0, 0.05) is 11.1 Å². The first kappa shape index (κ1) is 16.8. The van der Waals surface area contributed by atoms with Crippen LogP contribution in [0.2, 0.25) is 5.02 Å². The van der Waals surface area contributed by atoms with Gasteiger partial charge in [0.1, 0.15) is 11.8 Å². The number of aliphatic carboxylic acids is 1. The number of rotatable bonds is 6. The second-order valence-electron chi connectivity index (χ2n) is 4.32. The molecule has 6 nitrogen and oxygen atoms in total. The number of nitrogens with one attached hydrogen (secondary N) is 2. The smallest absolute Gasteiger partial charge is 0.326 e. The van der Waals surface area contributed by atoms with E-state index >= 15 is 0 Å². The summed E-state index contributed by atoms with van der Waals surface area (Å²) >= 11 is 5.97. The van der Waals surface area contributed by atoms with E-state index in [1.54, 1.807) is 19.1 Å². The standard InChI is InChI=1S/C14H17ClN2O4/c1-4-5-10(13(18)19)16-14(20)17-11-6-8(2)9(15)7-12(11)21-3/h4,6-7,10H,1,5H2,2-3H3,(H,18,19)(H2,16,17,20). The van der Waals surface area contributed by atoms with Gasteiger partial charge in [-0.3, -0.25) is 0 Å². The molecule has 0 saturated carbocycles. The highest BCUT2D eigenvalue weighted by atomic mass is 35.5. The predicted molar refractivity (Wildman–Crippen MR) is 81.1 cm³/mol. The first-order valence-electron chi connectivity index (χ1n) is 6.14. The maximum atomic E-state index is 11.9. The third-order valence-electron chi connectivity index (χ3n) is 2.73. The van der Waals surface area contributed by atoms with E-state index in [-0.39, 0.29) is 6.42 Å². The van der Waals surface area contributed by atoms with Crippen LogP contribution in [0.5, 0.6) is 5.75 Å². The molecule has 0 bridgehead atoms. The summed E-state index contributed by atoms with van der Waals surface area (Å²) in [6, 6.07) is 1.53. The number of anilines is 1. The average molecular weight is 313 g/mol. The van der Waals surface area contributed by atoms with Crippen LogP contribution in [0.1, 0.15) is 12.0 Å². The van der Waals surface area contributed by atoms with Gasteiger partial charge in [-0.05, 0) is 25.0 Å². The molecule has 0 heterocycles. The Morgan fingerprint density at radius 2 is 2.19 bits per heavy atom. The van der Waals surface area contributed by atoms with E-state index in [2.05, 4.69) is 17.2 Å². The van der Waals surface area contributed by atoms with E-state index in [9.17, 15) is 9.59 Å². The lowest BCUT2D eigenvalue weighted by Gasteiger charge is -2.16. The highest BCUT2D eigenvalue weighted by molar-refractivity contribution is 6.31. The van der Waals surface area contributed by atoms with E-state index in [0.29, 0.717) is 16.5 Å². The zero-order chi connectivity index (χ0) is 16.0. The average Bonchev–Trinajstić information content (AvgIpc) is 2.42. The number of carboxylic acid groups (broad SMARTS) is 1. The Morgan fingerprint density at radius 3 is 2.71 bits per heavy atom. The number of ether oxygens (including phenoxy) is 1. The third-order valence-corrected chi connectivity index (χ3v) is 3.14. The summed E-state index contributed by atoms with van der Waals surface area (Å²) in [7, 11) is 1.45. The molecule has 0 saturated heterocycles. The number of hydrogen-bond donors (Lipinski definition) is 3. The van der Waals surface area contributed by atoms with Gasteiger partial charge >= 0.3 is 12.0 Å². The minimum atomic E-state index is -1.13. The fourth-order valence-electron chi connectivity index (χ4n) is 1.63. The van der Waals surface area contributed by atoms with Crippen LogP contribution in [0.15, 0.2) is 24.8 Å². The number of amides is 2. The predicted octanol–water partition coefficient (Wildman–Crippen LogP) is 2.81. The number of carboxylic acids is 1. The zero-order valence-electron chi connectivity index (χ0n) is 11.8. The molecular formula is C14H17ClN2O4. The number of carbonyl (C=O) groups excluding carboxylic acids is 1. The van der Waals surface area contributed by atoms with Crippen molar-refractivity contribution >= 4 is 29.3 Å². The number of methoxy groups -OCH3 is 1. The van der Waals surface area contributed by atoms with Crippen molar-refractivity contribution in [1.29, 1.82) is 0 Å². The molecule has 0 spiro atoms. The molecule has 0 fully saturated rings. The Labute approximate surface area is 127 Å². The van der Waals surface area contributed by atoms with Crippen molar-refractivity contribution in [3.63, 3.8) is 0 Å². The molecule has 0 aliphatic rings. The summed E-state index contributed by atoms with van der Waals surface area (Å²) in [5.74, 6) is -0.749. The van der Waals surface area contributed by atoms with Crippen molar-refractivity contribution in [2.24, 2.45) is 0 Å². The van der Waals surface area contributed by atoms with Crippen molar-refractivity contribution < 1.29 is 19.4 Å². The lowest BCUT2D eigenvalue weighted by atomic mass is 10.2. The molecule has 0 radical (unpaired) electrons. The molecule has 0 aromatic heterocycles. The van der Waals surface area contributed by atoms with Crippen molar-refractivity contribution in [3.05, 3.63) is 35.4 Å². The normalized spacial score (nSPS) is 11.4. The van der Waals surface area contributed by atoms with Crippen LogP contribution in [-0.4, -0.2) is 30.3 Å². The largest absolute Gasteiger partial charge is 0.495 e. The summed E-state index contributed by atoms with van der Waals surface area (Å²) in [6.07, 6.45) is 1.55. The van der Waals surface area contributed by atoms with E-state index < -0.39 is 18.0 Å². The van der Waals surface area contributed by atoms with Crippen LogP contribution in [0.25, 0.3) is 0 Å². The summed E-state index contributed by atoms with van der Waals surface area (Å²) in [4.78, 5) is 22.8. The molecule has 114 valence electrons. The Balaban J connectivity index is 2.85. The maximum absolute atomic E-state index is 11.9. The molecule has 3 N–H and O–H groups in total. The van der Waals surface area contributed by atoms with Crippen LogP contribution in [0.4, 0.5) is 10.5 Å². The van der Waals surface area contributed by atoms with E-state index in [0.717, 1.165) is 5.56 Å². The van der Waals surface area contributed by atoms with Crippen LogP contribution in [0.3, 0.4) is 0 Å². The topological polar surface area (TPSA) is 87.7 Å². The summed E-state index contributed by atoms with van der Waals surface area (Å²) in [6.45, 7) is 5.23. The Morgan fingerprint density at radius 1 is 1.52 bits per heavy atom.